The second-order valence-corrected chi connectivity index (χ2v) is 6.83. The highest BCUT2D eigenvalue weighted by Gasteiger charge is 2.21. The van der Waals surface area contributed by atoms with E-state index in [-0.39, 0.29) is 5.91 Å². The van der Waals surface area contributed by atoms with Crippen LogP contribution in [0, 0.1) is 0 Å². The first-order valence-electron chi connectivity index (χ1n) is 6.79. The summed E-state index contributed by atoms with van der Waals surface area (Å²) in [6.45, 7) is 2.09. The van der Waals surface area contributed by atoms with Gasteiger partial charge < -0.3 is 5.32 Å². The van der Waals surface area contributed by atoms with Gasteiger partial charge >= 0.3 is 0 Å². The van der Waals surface area contributed by atoms with E-state index < -0.39 is 0 Å². The second kappa shape index (κ2) is 5.97. The van der Waals surface area contributed by atoms with E-state index in [2.05, 4.69) is 35.4 Å². The zero-order chi connectivity index (χ0) is 13.9. The fraction of sp³-hybridized carbons (Fsp3) is 0.333. The van der Waals surface area contributed by atoms with Crippen molar-refractivity contribution in [2.75, 3.05) is 5.32 Å². The molecule has 3 rings (SSSR count). The Morgan fingerprint density at radius 1 is 1.40 bits per heavy atom. The van der Waals surface area contributed by atoms with Crippen LogP contribution in [0.4, 0.5) is 5.13 Å². The van der Waals surface area contributed by atoms with Gasteiger partial charge in [-0.1, -0.05) is 31.5 Å². The summed E-state index contributed by atoms with van der Waals surface area (Å²) >= 11 is 3.43. The van der Waals surface area contributed by atoms with E-state index in [4.69, 9.17) is 0 Å². The summed E-state index contributed by atoms with van der Waals surface area (Å²) in [7, 11) is 0. The van der Waals surface area contributed by atoms with Crippen molar-refractivity contribution >= 4 is 34.1 Å². The lowest BCUT2D eigenvalue weighted by molar-refractivity contribution is -0.116. The number of rotatable bonds is 4. The fourth-order valence-corrected chi connectivity index (χ4v) is 4.28. The number of carbonyl (C=O) groups is 1. The van der Waals surface area contributed by atoms with Crippen LogP contribution in [0.3, 0.4) is 0 Å². The predicted octanol–water partition coefficient (Wildman–Crippen LogP) is 4.54. The van der Waals surface area contributed by atoms with Crippen LogP contribution in [0.25, 0.3) is 11.3 Å². The molecule has 1 N–H and O–H groups in total. The molecule has 5 heteroatoms. The van der Waals surface area contributed by atoms with Crippen LogP contribution < -0.4 is 5.32 Å². The van der Waals surface area contributed by atoms with E-state index in [0.717, 1.165) is 29.4 Å². The minimum absolute atomic E-state index is 0.0684. The van der Waals surface area contributed by atoms with E-state index in [9.17, 15) is 4.79 Å². The van der Waals surface area contributed by atoms with Gasteiger partial charge in [0, 0.05) is 27.5 Å². The Labute approximate surface area is 126 Å². The van der Waals surface area contributed by atoms with E-state index in [1.165, 1.54) is 15.3 Å². The molecule has 20 heavy (non-hydrogen) atoms. The predicted molar refractivity (Wildman–Crippen MR) is 85.3 cm³/mol. The molecule has 1 aromatic heterocycles. The van der Waals surface area contributed by atoms with Crippen molar-refractivity contribution in [2.45, 2.75) is 36.8 Å². The maximum atomic E-state index is 11.8. The van der Waals surface area contributed by atoms with Crippen LogP contribution >= 0.6 is 23.1 Å². The van der Waals surface area contributed by atoms with Crippen LogP contribution in [0.5, 0.6) is 0 Å². The van der Waals surface area contributed by atoms with Crippen LogP contribution in [0.2, 0.25) is 0 Å². The first kappa shape index (κ1) is 13.6. The molecule has 104 valence electrons. The molecule has 3 nitrogen and oxygen atoms in total. The number of hydrogen-bond donors (Lipinski definition) is 1. The summed E-state index contributed by atoms with van der Waals surface area (Å²) in [4.78, 5) is 18.9. The molecule has 0 fully saturated rings. The van der Waals surface area contributed by atoms with Gasteiger partial charge in [0.1, 0.15) is 0 Å². The summed E-state index contributed by atoms with van der Waals surface area (Å²) in [5.74, 6) is 1.01. The second-order valence-electron chi connectivity index (χ2n) is 4.73. The number of unbranched alkanes of at least 4 members (excludes halogenated alkanes) is 1. The number of fused-ring (bicyclic) bond motifs is 3. The average Bonchev–Trinajstić information content (AvgIpc) is 2.88. The van der Waals surface area contributed by atoms with Crippen molar-refractivity contribution < 1.29 is 4.79 Å². The molecule has 0 aliphatic carbocycles. The van der Waals surface area contributed by atoms with Crippen molar-refractivity contribution in [3.63, 3.8) is 0 Å². The third-order valence-electron chi connectivity index (χ3n) is 3.20. The van der Waals surface area contributed by atoms with Gasteiger partial charge in [-0.05, 0) is 12.5 Å². The van der Waals surface area contributed by atoms with E-state index >= 15 is 0 Å². The van der Waals surface area contributed by atoms with E-state index in [1.807, 2.05) is 17.8 Å². The number of carbonyl (C=O) groups excluding carboxylic acids is 1. The highest BCUT2D eigenvalue weighted by Crippen LogP contribution is 2.44. The van der Waals surface area contributed by atoms with Gasteiger partial charge in [-0.3, -0.25) is 4.79 Å². The van der Waals surface area contributed by atoms with Crippen molar-refractivity contribution in [2.24, 2.45) is 0 Å². The topological polar surface area (TPSA) is 42.0 Å². The molecule has 0 unspecified atom stereocenters. The van der Waals surface area contributed by atoms with Crippen molar-refractivity contribution in [1.82, 2.24) is 4.98 Å². The number of thioether (sulfide) groups is 1. The summed E-state index contributed by atoms with van der Waals surface area (Å²) in [6, 6.07) is 8.31. The summed E-state index contributed by atoms with van der Waals surface area (Å²) in [5, 5.41) is 3.65. The molecular formula is C15H16N2OS2. The normalized spacial score (nSPS) is 12.7. The van der Waals surface area contributed by atoms with Gasteiger partial charge in [0.05, 0.1) is 5.69 Å². The number of thiazole rings is 1. The zero-order valence-corrected chi connectivity index (χ0v) is 12.9. The highest BCUT2D eigenvalue weighted by molar-refractivity contribution is 7.98. The number of aromatic nitrogens is 1. The Kier molecular flexibility index (Phi) is 4.08. The summed E-state index contributed by atoms with van der Waals surface area (Å²) in [6.07, 6.45) is 2.54. The molecule has 0 spiro atoms. The molecule has 1 amide bonds. The van der Waals surface area contributed by atoms with Gasteiger partial charge in [0.2, 0.25) is 5.91 Å². The Balaban J connectivity index is 1.82. The lowest BCUT2D eigenvalue weighted by atomic mass is 10.1. The minimum atomic E-state index is 0.0684. The quantitative estimate of drug-likeness (QED) is 0.901. The number of amides is 1. The summed E-state index contributed by atoms with van der Waals surface area (Å²) in [5.41, 5.74) is 2.22. The number of hydrogen-bond acceptors (Lipinski definition) is 4. The van der Waals surface area contributed by atoms with Gasteiger partial charge in [-0.2, -0.15) is 0 Å². The molecule has 0 radical (unpaired) electrons. The van der Waals surface area contributed by atoms with E-state index in [0.29, 0.717) is 6.42 Å². The zero-order valence-electron chi connectivity index (χ0n) is 11.3. The molecule has 1 aliphatic heterocycles. The monoisotopic (exact) mass is 304 g/mol. The van der Waals surface area contributed by atoms with Gasteiger partial charge in [-0.15, -0.1) is 23.1 Å². The number of benzene rings is 1. The Morgan fingerprint density at radius 2 is 2.25 bits per heavy atom. The first-order valence-corrected chi connectivity index (χ1v) is 8.60. The van der Waals surface area contributed by atoms with Gasteiger partial charge in [-0.25, -0.2) is 4.98 Å². The molecule has 2 heterocycles. The largest absolute Gasteiger partial charge is 0.302 e. The lowest BCUT2D eigenvalue weighted by Gasteiger charge is -2.13. The van der Waals surface area contributed by atoms with Crippen molar-refractivity contribution in [3.05, 3.63) is 29.1 Å². The molecular weight excluding hydrogens is 288 g/mol. The molecule has 0 saturated heterocycles. The van der Waals surface area contributed by atoms with E-state index in [1.54, 1.807) is 11.3 Å². The van der Waals surface area contributed by atoms with Crippen LogP contribution in [0.15, 0.2) is 29.2 Å². The number of nitrogens with one attached hydrogen (secondary N) is 1. The fourth-order valence-electron chi connectivity index (χ4n) is 2.16. The molecule has 0 bridgehead atoms. The SMILES string of the molecule is CCCCC(=O)Nc1nc2c(s1)CSc1ccccc1-2. The molecule has 0 atom stereocenters. The third kappa shape index (κ3) is 2.74. The first-order chi connectivity index (χ1) is 9.78. The maximum Gasteiger partial charge on any atom is 0.226 e. The molecule has 0 saturated carbocycles. The molecule has 1 aliphatic rings. The van der Waals surface area contributed by atoms with Crippen LogP contribution in [-0.2, 0) is 10.5 Å². The number of anilines is 1. The smallest absolute Gasteiger partial charge is 0.226 e. The standard InChI is InChI=1S/C15H16N2OS2/c1-2-3-8-13(18)16-15-17-14-10-6-4-5-7-11(10)19-9-12(14)20-15/h4-7H,2-3,8-9H2,1H3,(H,16,17,18). The Hall–Kier alpha value is -1.33. The molecule has 1 aromatic carbocycles. The van der Waals surface area contributed by atoms with Gasteiger partial charge in [0.25, 0.3) is 0 Å². The van der Waals surface area contributed by atoms with Crippen LogP contribution in [-0.4, -0.2) is 10.9 Å². The minimum Gasteiger partial charge on any atom is -0.302 e. The maximum absolute atomic E-state index is 11.8. The van der Waals surface area contributed by atoms with Crippen LogP contribution in [0.1, 0.15) is 31.1 Å². The third-order valence-corrected chi connectivity index (χ3v) is 5.46. The highest BCUT2D eigenvalue weighted by atomic mass is 32.2. The molecule has 2 aromatic rings. The average molecular weight is 304 g/mol. The van der Waals surface area contributed by atoms with Gasteiger partial charge in [0.15, 0.2) is 5.13 Å². The Morgan fingerprint density at radius 3 is 3.10 bits per heavy atom. The summed E-state index contributed by atoms with van der Waals surface area (Å²) < 4.78 is 0. The van der Waals surface area contributed by atoms with Crippen molar-refractivity contribution in [3.8, 4) is 11.3 Å². The number of nitrogens with zero attached hydrogens (tertiary/aromatic N) is 1. The Bertz CT molecular complexity index is 637. The van der Waals surface area contributed by atoms with Crippen molar-refractivity contribution in [1.29, 1.82) is 0 Å². The lowest BCUT2D eigenvalue weighted by Crippen LogP contribution is -2.10.